The highest BCUT2D eigenvalue weighted by Crippen LogP contribution is 2.23. The van der Waals surface area contributed by atoms with Crippen molar-refractivity contribution in [2.24, 2.45) is 0 Å². The van der Waals surface area contributed by atoms with Gasteiger partial charge in [0.25, 0.3) is 5.91 Å². The Hall–Kier alpha value is -2.62. The molecule has 0 aromatic heterocycles. The molecule has 0 heterocycles. The number of aryl methyl sites for hydroxylation is 1. The third-order valence-electron chi connectivity index (χ3n) is 4.74. The van der Waals surface area contributed by atoms with Crippen LogP contribution < -0.4 is 10.1 Å². The van der Waals surface area contributed by atoms with Gasteiger partial charge in [0.1, 0.15) is 5.75 Å². The fourth-order valence-corrected chi connectivity index (χ4v) is 3.35. The largest absolute Gasteiger partial charge is 0.483 e. The predicted molar refractivity (Wildman–Crippen MR) is 102 cm³/mol. The Morgan fingerprint density at radius 1 is 1.04 bits per heavy atom. The minimum absolute atomic E-state index is 0.0748. The molecular formula is C22H25NO3. The Morgan fingerprint density at radius 2 is 1.77 bits per heavy atom. The van der Waals surface area contributed by atoms with E-state index in [9.17, 15) is 9.59 Å². The van der Waals surface area contributed by atoms with Crippen molar-refractivity contribution in [3.05, 3.63) is 65.2 Å². The minimum atomic E-state index is -0.129. The molecule has 0 spiro atoms. The maximum Gasteiger partial charge on any atom is 0.258 e. The topological polar surface area (TPSA) is 55.4 Å². The molecule has 2 aromatic rings. The Morgan fingerprint density at radius 3 is 2.50 bits per heavy atom. The maximum atomic E-state index is 12.8. The third-order valence-corrected chi connectivity index (χ3v) is 4.74. The van der Waals surface area contributed by atoms with Crippen LogP contribution in [0.4, 0.5) is 0 Å². The second-order valence-corrected chi connectivity index (χ2v) is 6.89. The number of hydrogen-bond acceptors (Lipinski definition) is 3. The third kappa shape index (κ3) is 4.72. The summed E-state index contributed by atoms with van der Waals surface area (Å²) in [6, 6.07) is 14.8. The van der Waals surface area contributed by atoms with E-state index in [1.807, 2.05) is 37.3 Å². The van der Waals surface area contributed by atoms with Gasteiger partial charge in [-0.3, -0.25) is 9.59 Å². The van der Waals surface area contributed by atoms with Crippen LogP contribution in [0.15, 0.2) is 48.5 Å². The molecule has 0 atom stereocenters. The van der Waals surface area contributed by atoms with Crippen LogP contribution in [0.2, 0.25) is 0 Å². The molecule has 4 nitrogen and oxygen atoms in total. The van der Waals surface area contributed by atoms with Gasteiger partial charge in [0, 0.05) is 11.6 Å². The number of ketones is 1. The van der Waals surface area contributed by atoms with Crippen LogP contribution in [0.5, 0.6) is 5.75 Å². The van der Waals surface area contributed by atoms with Gasteiger partial charge in [0.15, 0.2) is 12.4 Å². The van der Waals surface area contributed by atoms with Crippen LogP contribution in [0.3, 0.4) is 0 Å². The van der Waals surface area contributed by atoms with Gasteiger partial charge in [-0.25, -0.2) is 0 Å². The predicted octanol–water partition coefficient (Wildman–Crippen LogP) is 4.05. The first-order chi connectivity index (χ1) is 12.6. The van der Waals surface area contributed by atoms with Crippen LogP contribution in [0.25, 0.3) is 0 Å². The highest BCUT2D eigenvalue weighted by molar-refractivity contribution is 6.10. The van der Waals surface area contributed by atoms with Crippen LogP contribution in [-0.2, 0) is 4.79 Å². The molecule has 0 aliphatic heterocycles. The second kappa shape index (κ2) is 8.65. The monoisotopic (exact) mass is 351 g/mol. The molecule has 1 aliphatic rings. The number of rotatable bonds is 6. The van der Waals surface area contributed by atoms with E-state index in [0.717, 1.165) is 18.4 Å². The molecule has 1 fully saturated rings. The molecular weight excluding hydrogens is 326 g/mol. The molecule has 26 heavy (non-hydrogen) atoms. The number of carbonyl (C=O) groups is 2. The fourth-order valence-electron chi connectivity index (χ4n) is 3.35. The van der Waals surface area contributed by atoms with Crippen molar-refractivity contribution in [2.45, 2.75) is 45.1 Å². The number of nitrogens with one attached hydrogen (secondary N) is 1. The zero-order valence-corrected chi connectivity index (χ0v) is 15.2. The van der Waals surface area contributed by atoms with Crippen molar-refractivity contribution in [2.75, 3.05) is 6.61 Å². The molecule has 136 valence electrons. The summed E-state index contributed by atoms with van der Waals surface area (Å²) in [4.78, 5) is 25.0. The number of ether oxygens (including phenoxy) is 1. The van der Waals surface area contributed by atoms with E-state index in [-0.39, 0.29) is 24.3 Å². The molecule has 2 aromatic carbocycles. The number of benzene rings is 2. The fraction of sp³-hybridized carbons (Fsp3) is 0.364. The number of hydrogen-bond donors (Lipinski definition) is 1. The van der Waals surface area contributed by atoms with Crippen LogP contribution in [0.1, 0.15) is 53.6 Å². The van der Waals surface area contributed by atoms with Gasteiger partial charge in [-0.15, -0.1) is 0 Å². The first-order valence-corrected chi connectivity index (χ1v) is 9.26. The summed E-state index contributed by atoms with van der Waals surface area (Å²) in [5.74, 6) is 0.218. The van der Waals surface area contributed by atoms with Gasteiger partial charge in [-0.05, 0) is 31.9 Å². The smallest absolute Gasteiger partial charge is 0.258 e. The SMILES string of the molecule is Cc1ccc(OCC(=O)NC2CCCCC2)c(C(=O)c2ccccc2)c1. The molecule has 0 bridgehead atoms. The molecule has 0 saturated heterocycles. The highest BCUT2D eigenvalue weighted by atomic mass is 16.5. The van der Waals surface area contributed by atoms with Crippen LogP contribution in [0, 0.1) is 6.92 Å². The van der Waals surface area contributed by atoms with E-state index in [2.05, 4.69) is 5.32 Å². The first kappa shape index (κ1) is 18.2. The van der Waals surface area contributed by atoms with E-state index in [1.54, 1.807) is 18.2 Å². The van der Waals surface area contributed by atoms with E-state index in [4.69, 9.17) is 4.74 Å². The summed E-state index contributed by atoms with van der Waals surface area (Å²) in [5, 5.41) is 3.03. The molecule has 4 heteroatoms. The lowest BCUT2D eigenvalue weighted by Crippen LogP contribution is -2.39. The van der Waals surface area contributed by atoms with Crippen LogP contribution >= 0.6 is 0 Å². The Labute approximate surface area is 154 Å². The van der Waals surface area contributed by atoms with Gasteiger partial charge in [-0.2, -0.15) is 0 Å². The van der Waals surface area contributed by atoms with Gasteiger partial charge in [0.05, 0.1) is 5.56 Å². The molecule has 1 amide bonds. The lowest BCUT2D eigenvalue weighted by atomic mass is 9.95. The highest BCUT2D eigenvalue weighted by Gasteiger charge is 2.18. The number of amides is 1. The summed E-state index contributed by atoms with van der Waals surface area (Å²) in [7, 11) is 0. The van der Waals surface area contributed by atoms with Crippen molar-refractivity contribution in [1.82, 2.24) is 5.32 Å². The molecule has 3 rings (SSSR count). The Bertz CT molecular complexity index is 764. The molecule has 1 N–H and O–H groups in total. The maximum absolute atomic E-state index is 12.8. The van der Waals surface area contributed by atoms with Crippen LogP contribution in [-0.4, -0.2) is 24.3 Å². The zero-order valence-electron chi connectivity index (χ0n) is 15.2. The van der Waals surface area contributed by atoms with Crippen molar-refractivity contribution in [1.29, 1.82) is 0 Å². The molecule has 1 saturated carbocycles. The first-order valence-electron chi connectivity index (χ1n) is 9.26. The Balaban J connectivity index is 1.68. The normalized spacial score (nSPS) is 14.7. The van der Waals surface area contributed by atoms with Gasteiger partial charge in [-0.1, -0.05) is 61.2 Å². The summed E-state index contributed by atoms with van der Waals surface area (Å²) < 4.78 is 5.71. The minimum Gasteiger partial charge on any atom is -0.483 e. The van der Waals surface area contributed by atoms with E-state index in [0.29, 0.717) is 16.9 Å². The summed E-state index contributed by atoms with van der Waals surface area (Å²) in [6.45, 7) is 1.86. The lowest BCUT2D eigenvalue weighted by molar-refractivity contribution is -0.124. The average Bonchev–Trinajstić information content (AvgIpc) is 2.68. The van der Waals surface area contributed by atoms with E-state index < -0.39 is 0 Å². The molecule has 0 radical (unpaired) electrons. The molecule has 1 aliphatic carbocycles. The van der Waals surface area contributed by atoms with Gasteiger partial charge < -0.3 is 10.1 Å². The van der Waals surface area contributed by atoms with Crippen molar-refractivity contribution in [3.8, 4) is 5.75 Å². The van der Waals surface area contributed by atoms with Crippen molar-refractivity contribution >= 4 is 11.7 Å². The van der Waals surface area contributed by atoms with Crippen molar-refractivity contribution < 1.29 is 14.3 Å². The molecule has 0 unspecified atom stereocenters. The summed E-state index contributed by atoms with van der Waals surface area (Å²) in [6.07, 6.45) is 5.65. The van der Waals surface area contributed by atoms with E-state index in [1.165, 1.54) is 19.3 Å². The van der Waals surface area contributed by atoms with Gasteiger partial charge in [0.2, 0.25) is 0 Å². The standard InChI is InChI=1S/C22H25NO3/c1-16-12-13-20(19(14-16)22(25)17-8-4-2-5-9-17)26-15-21(24)23-18-10-6-3-7-11-18/h2,4-5,8-9,12-14,18H,3,6-7,10-11,15H2,1H3,(H,23,24). The quantitative estimate of drug-likeness (QED) is 0.799. The lowest BCUT2D eigenvalue weighted by Gasteiger charge is -2.22. The summed E-state index contributed by atoms with van der Waals surface area (Å²) in [5.41, 5.74) is 2.07. The number of carbonyl (C=O) groups excluding carboxylic acids is 2. The Kier molecular flexibility index (Phi) is 6.05. The second-order valence-electron chi connectivity index (χ2n) is 6.89. The van der Waals surface area contributed by atoms with Gasteiger partial charge >= 0.3 is 0 Å². The average molecular weight is 351 g/mol. The summed E-state index contributed by atoms with van der Waals surface area (Å²) >= 11 is 0. The van der Waals surface area contributed by atoms with E-state index >= 15 is 0 Å². The zero-order chi connectivity index (χ0) is 18.4. The van der Waals surface area contributed by atoms with Crippen molar-refractivity contribution in [3.63, 3.8) is 0 Å².